The minimum absolute atomic E-state index is 0.0596. The molecule has 4 rings (SSSR count). The Morgan fingerprint density at radius 2 is 1.90 bits per heavy atom. The predicted molar refractivity (Wildman–Crippen MR) is 115 cm³/mol. The number of carbonyl (C=O) groups excluding carboxylic acids is 2. The van der Waals surface area contributed by atoms with E-state index in [4.69, 9.17) is 4.74 Å². The van der Waals surface area contributed by atoms with Crippen LogP contribution >= 0.6 is 11.3 Å². The fraction of sp³-hybridized carbons (Fsp3) is 0.227. The van der Waals surface area contributed by atoms with Crippen LogP contribution in [-0.4, -0.2) is 23.4 Å². The number of aromatic nitrogens is 1. The normalized spacial score (nSPS) is 12.4. The van der Waals surface area contributed by atoms with Crippen molar-refractivity contribution in [2.24, 2.45) is 5.92 Å². The van der Waals surface area contributed by atoms with Gasteiger partial charge in [0.2, 0.25) is 5.91 Å². The van der Waals surface area contributed by atoms with Crippen LogP contribution in [-0.2, 0) is 11.2 Å². The molecule has 0 atom stereocenters. The molecule has 1 aromatic heterocycles. The molecule has 0 saturated carbocycles. The third-order valence-corrected chi connectivity index (χ3v) is 5.41. The molecule has 0 bridgehead atoms. The molecule has 6 nitrogen and oxygen atoms in total. The maximum Gasteiger partial charge on any atom is 0.257 e. The van der Waals surface area contributed by atoms with Crippen LogP contribution in [0.2, 0.25) is 0 Å². The molecular weight excluding hydrogens is 386 g/mol. The molecule has 0 saturated heterocycles. The highest BCUT2D eigenvalue weighted by atomic mass is 32.1. The molecule has 2 aromatic carbocycles. The number of carbonyl (C=O) groups is 2. The zero-order chi connectivity index (χ0) is 20.4. The third kappa shape index (κ3) is 4.30. The standard InChI is InChI=1S/C22H21N3O3S/c1-13(2)20(26)23-17-6-3-14(4-7-17)21(27)25-22-24-18(12-29-22)15-5-8-19-16(11-15)9-10-28-19/h3-8,11-13H,9-10H2,1-2H3,(H,23,26)(H,24,25,27). The highest BCUT2D eigenvalue weighted by Crippen LogP contribution is 2.32. The Labute approximate surface area is 172 Å². The van der Waals surface area contributed by atoms with Crippen LogP contribution in [0.15, 0.2) is 47.8 Å². The number of nitrogens with one attached hydrogen (secondary N) is 2. The number of hydrogen-bond donors (Lipinski definition) is 2. The van der Waals surface area contributed by atoms with Crippen molar-refractivity contribution in [1.29, 1.82) is 0 Å². The molecule has 29 heavy (non-hydrogen) atoms. The fourth-order valence-corrected chi connectivity index (χ4v) is 3.69. The molecule has 148 valence electrons. The van der Waals surface area contributed by atoms with Gasteiger partial charge in [0.15, 0.2) is 5.13 Å². The molecule has 3 aromatic rings. The molecule has 0 aliphatic carbocycles. The molecule has 7 heteroatoms. The first-order valence-electron chi connectivity index (χ1n) is 9.43. The van der Waals surface area contributed by atoms with Gasteiger partial charge in [-0.1, -0.05) is 13.8 Å². The lowest BCUT2D eigenvalue weighted by atomic mass is 10.1. The first kappa shape index (κ1) is 19.1. The quantitative estimate of drug-likeness (QED) is 0.648. The van der Waals surface area contributed by atoms with Crippen LogP contribution in [0.5, 0.6) is 5.75 Å². The van der Waals surface area contributed by atoms with Gasteiger partial charge in [0, 0.05) is 34.5 Å². The van der Waals surface area contributed by atoms with E-state index in [0.29, 0.717) is 16.4 Å². The van der Waals surface area contributed by atoms with Crippen molar-refractivity contribution in [3.63, 3.8) is 0 Å². The average Bonchev–Trinajstić information content (AvgIpc) is 3.37. The Morgan fingerprint density at radius 1 is 1.10 bits per heavy atom. The summed E-state index contributed by atoms with van der Waals surface area (Å²) in [5.41, 5.74) is 4.19. The highest BCUT2D eigenvalue weighted by molar-refractivity contribution is 7.14. The van der Waals surface area contributed by atoms with Gasteiger partial charge in [-0.25, -0.2) is 4.98 Å². The van der Waals surface area contributed by atoms with E-state index in [2.05, 4.69) is 21.7 Å². The highest BCUT2D eigenvalue weighted by Gasteiger charge is 2.15. The van der Waals surface area contributed by atoms with E-state index in [1.807, 2.05) is 31.4 Å². The zero-order valence-corrected chi connectivity index (χ0v) is 17.0. The number of ether oxygens (including phenoxy) is 1. The summed E-state index contributed by atoms with van der Waals surface area (Å²) < 4.78 is 5.54. The SMILES string of the molecule is CC(C)C(=O)Nc1ccc(C(=O)Nc2nc(-c3ccc4c(c3)CCO4)cs2)cc1. The second kappa shape index (κ2) is 8.05. The monoisotopic (exact) mass is 407 g/mol. The summed E-state index contributed by atoms with van der Waals surface area (Å²) in [7, 11) is 0. The van der Waals surface area contributed by atoms with E-state index in [9.17, 15) is 9.59 Å². The fourth-order valence-electron chi connectivity index (χ4n) is 2.97. The molecule has 0 spiro atoms. The summed E-state index contributed by atoms with van der Waals surface area (Å²) in [5, 5.41) is 8.11. The van der Waals surface area contributed by atoms with Crippen LogP contribution < -0.4 is 15.4 Å². The summed E-state index contributed by atoms with van der Waals surface area (Å²) in [6.07, 6.45) is 0.907. The molecule has 1 aliphatic rings. The van der Waals surface area contributed by atoms with Crippen molar-refractivity contribution in [3.05, 3.63) is 59.0 Å². The number of anilines is 2. The summed E-state index contributed by atoms with van der Waals surface area (Å²) in [6.45, 7) is 4.38. The van der Waals surface area contributed by atoms with E-state index in [-0.39, 0.29) is 17.7 Å². The number of benzene rings is 2. The lowest BCUT2D eigenvalue weighted by Crippen LogP contribution is -2.18. The Bertz CT molecular complexity index is 1060. The van der Waals surface area contributed by atoms with Crippen molar-refractivity contribution in [2.75, 3.05) is 17.2 Å². The van der Waals surface area contributed by atoms with Crippen LogP contribution in [0.25, 0.3) is 11.3 Å². The van der Waals surface area contributed by atoms with Gasteiger partial charge in [-0.15, -0.1) is 11.3 Å². The summed E-state index contributed by atoms with van der Waals surface area (Å²) in [5.74, 6) is 0.534. The Kier molecular flexibility index (Phi) is 5.31. The van der Waals surface area contributed by atoms with Crippen molar-refractivity contribution in [1.82, 2.24) is 4.98 Å². The zero-order valence-electron chi connectivity index (χ0n) is 16.2. The number of thiazole rings is 1. The first-order valence-corrected chi connectivity index (χ1v) is 10.3. The molecule has 2 amide bonds. The number of amides is 2. The maximum atomic E-state index is 12.5. The Morgan fingerprint density at radius 3 is 2.66 bits per heavy atom. The molecule has 0 fully saturated rings. The second-order valence-electron chi connectivity index (χ2n) is 7.13. The van der Waals surface area contributed by atoms with Gasteiger partial charge in [0.1, 0.15) is 5.75 Å². The van der Waals surface area contributed by atoms with E-state index in [1.54, 1.807) is 24.3 Å². The van der Waals surface area contributed by atoms with Crippen LogP contribution in [0.4, 0.5) is 10.8 Å². The summed E-state index contributed by atoms with van der Waals surface area (Å²) >= 11 is 1.38. The second-order valence-corrected chi connectivity index (χ2v) is 7.99. The average molecular weight is 407 g/mol. The van der Waals surface area contributed by atoms with Gasteiger partial charge < -0.3 is 10.1 Å². The van der Waals surface area contributed by atoms with Crippen molar-refractivity contribution < 1.29 is 14.3 Å². The van der Waals surface area contributed by atoms with Gasteiger partial charge >= 0.3 is 0 Å². The maximum absolute atomic E-state index is 12.5. The minimum atomic E-state index is -0.241. The first-order chi connectivity index (χ1) is 14.0. The largest absolute Gasteiger partial charge is 0.493 e. The number of nitrogens with zero attached hydrogens (tertiary/aromatic N) is 1. The Hall–Kier alpha value is -3.19. The topological polar surface area (TPSA) is 80.3 Å². The van der Waals surface area contributed by atoms with Gasteiger partial charge in [0.25, 0.3) is 5.91 Å². The number of rotatable bonds is 5. The number of hydrogen-bond acceptors (Lipinski definition) is 5. The van der Waals surface area contributed by atoms with E-state index in [0.717, 1.165) is 30.0 Å². The Balaban J connectivity index is 1.42. The van der Waals surface area contributed by atoms with Gasteiger partial charge in [-0.2, -0.15) is 0 Å². The van der Waals surface area contributed by atoms with Gasteiger partial charge in [-0.05, 0) is 48.0 Å². The molecule has 1 aliphatic heterocycles. The van der Waals surface area contributed by atoms with Crippen molar-refractivity contribution in [2.45, 2.75) is 20.3 Å². The molecule has 2 heterocycles. The number of fused-ring (bicyclic) bond motifs is 1. The van der Waals surface area contributed by atoms with Crippen LogP contribution in [0.1, 0.15) is 29.8 Å². The van der Waals surface area contributed by atoms with E-state index >= 15 is 0 Å². The summed E-state index contributed by atoms with van der Waals surface area (Å²) in [6, 6.07) is 12.8. The van der Waals surface area contributed by atoms with Gasteiger partial charge in [-0.3, -0.25) is 14.9 Å². The van der Waals surface area contributed by atoms with Crippen molar-refractivity contribution in [3.8, 4) is 17.0 Å². The molecule has 2 N–H and O–H groups in total. The minimum Gasteiger partial charge on any atom is -0.493 e. The third-order valence-electron chi connectivity index (χ3n) is 4.65. The van der Waals surface area contributed by atoms with Gasteiger partial charge in [0.05, 0.1) is 12.3 Å². The van der Waals surface area contributed by atoms with Crippen LogP contribution in [0, 0.1) is 5.92 Å². The summed E-state index contributed by atoms with van der Waals surface area (Å²) in [4.78, 5) is 28.8. The van der Waals surface area contributed by atoms with E-state index in [1.165, 1.54) is 16.9 Å². The molecular formula is C22H21N3O3S. The van der Waals surface area contributed by atoms with Crippen molar-refractivity contribution >= 4 is 34.0 Å². The molecule has 0 radical (unpaired) electrons. The smallest absolute Gasteiger partial charge is 0.257 e. The lowest BCUT2D eigenvalue weighted by Gasteiger charge is -2.08. The predicted octanol–water partition coefficient (Wildman–Crippen LogP) is 4.59. The molecule has 0 unspecified atom stereocenters. The van der Waals surface area contributed by atoms with Crippen LogP contribution in [0.3, 0.4) is 0 Å². The lowest BCUT2D eigenvalue weighted by molar-refractivity contribution is -0.118. The van der Waals surface area contributed by atoms with E-state index < -0.39 is 0 Å².